The van der Waals surface area contributed by atoms with Crippen molar-refractivity contribution in [1.29, 1.82) is 0 Å². The summed E-state index contributed by atoms with van der Waals surface area (Å²) in [4.78, 5) is 38.8. The second-order valence-electron chi connectivity index (χ2n) is 8.05. The van der Waals surface area contributed by atoms with Gasteiger partial charge in [0.2, 0.25) is 6.79 Å². The monoisotopic (exact) mass is 486 g/mol. The van der Waals surface area contributed by atoms with Crippen LogP contribution in [0.3, 0.4) is 0 Å². The Hall–Kier alpha value is -4.99. The number of ether oxygens (including phenoxy) is 3. The van der Waals surface area contributed by atoms with Gasteiger partial charge in [0.1, 0.15) is 17.0 Å². The Bertz CT molecular complexity index is 1510. The molecule has 1 aliphatic rings. The van der Waals surface area contributed by atoms with Crippen molar-refractivity contribution in [3.63, 3.8) is 0 Å². The molecule has 0 atom stereocenters. The molecule has 0 saturated carbocycles. The Morgan fingerprint density at radius 1 is 0.861 bits per heavy atom. The van der Waals surface area contributed by atoms with E-state index in [1.807, 2.05) is 25.1 Å². The van der Waals surface area contributed by atoms with Gasteiger partial charge in [0.15, 0.2) is 11.5 Å². The minimum atomic E-state index is -0.985. The number of nitrogens with one attached hydrogen (secondary N) is 3. The normalized spacial score (nSPS) is 11.7. The Morgan fingerprint density at radius 2 is 1.64 bits per heavy atom. The molecule has 2 heterocycles. The van der Waals surface area contributed by atoms with E-state index in [0.29, 0.717) is 39.5 Å². The lowest BCUT2D eigenvalue weighted by atomic mass is 10.2. The van der Waals surface area contributed by atoms with Gasteiger partial charge in [-0.05, 0) is 48.9 Å². The third-order valence-corrected chi connectivity index (χ3v) is 5.57. The molecule has 36 heavy (non-hydrogen) atoms. The summed E-state index contributed by atoms with van der Waals surface area (Å²) in [5.41, 5.74) is 4.99. The lowest BCUT2D eigenvalue weighted by Gasteiger charge is -2.14. The van der Waals surface area contributed by atoms with Crippen LogP contribution in [0.15, 0.2) is 66.7 Å². The number of aromatic nitrogens is 1. The van der Waals surface area contributed by atoms with E-state index in [9.17, 15) is 14.4 Å². The van der Waals surface area contributed by atoms with E-state index in [1.165, 1.54) is 11.8 Å². The van der Waals surface area contributed by atoms with Crippen LogP contribution >= 0.6 is 0 Å². The summed E-state index contributed by atoms with van der Waals surface area (Å²) in [5.74, 6) is -0.970. The van der Waals surface area contributed by atoms with Crippen LogP contribution in [-0.2, 0) is 9.59 Å². The van der Waals surface area contributed by atoms with Gasteiger partial charge in [-0.1, -0.05) is 24.3 Å². The molecule has 0 radical (unpaired) electrons. The predicted octanol–water partition coefficient (Wildman–Crippen LogP) is 3.65. The number of amides is 3. The topological polar surface area (TPSA) is 120 Å². The smallest absolute Gasteiger partial charge is 0.328 e. The fraction of sp³-hybridized carbons (Fsp3) is 0.115. The van der Waals surface area contributed by atoms with Gasteiger partial charge in [-0.2, -0.15) is 0 Å². The summed E-state index contributed by atoms with van der Waals surface area (Å²) in [5, 5.41) is 5.99. The van der Waals surface area contributed by atoms with Crippen LogP contribution < -0.4 is 30.3 Å². The molecule has 10 nitrogen and oxygen atoms in total. The number of carbonyl (C=O) groups is 3. The highest BCUT2D eigenvalue weighted by Crippen LogP contribution is 2.34. The van der Waals surface area contributed by atoms with Crippen LogP contribution in [0.25, 0.3) is 10.9 Å². The average molecular weight is 486 g/mol. The zero-order valence-electron chi connectivity index (χ0n) is 19.5. The first-order valence-corrected chi connectivity index (χ1v) is 11.0. The molecule has 0 fully saturated rings. The van der Waals surface area contributed by atoms with E-state index in [-0.39, 0.29) is 12.5 Å². The number of methoxy groups -OCH3 is 1. The van der Waals surface area contributed by atoms with Crippen molar-refractivity contribution in [3.05, 3.63) is 78.0 Å². The maximum absolute atomic E-state index is 13.2. The molecule has 3 amide bonds. The fourth-order valence-corrected chi connectivity index (χ4v) is 3.91. The van der Waals surface area contributed by atoms with Gasteiger partial charge >= 0.3 is 11.8 Å². The molecule has 10 heteroatoms. The van der Waals surface area contributed by atoms with E-state index >= 15 is 0 Å². The van der Waals surface area contributed by atoms with Crippen molar-refractivity contribution < 1.29 is 28.6 Å². The molecule has 0 unspecified atom stereocenters. The van der Waals surface area contributed by atoms with Gasteiger partial charge in [0, 0.05) is 22.8 Å². The second-order valence-corrected chi connectivity index (χ2v) is 8.05. The van der Waals surface area contributed by atoms with Gasteiger partial charge in [0.25, 0.3) is 5.91 Å². The maximum atomic E-state index is 13.2. The van der Waals surface area contributed by atoms with E-state index in [0.717, 1.165) is 5.56 Å². The lowest BCUT2D eigenvalue weighted by molar-refractivity contribution is -0.133. The lowest BCUT2D eigenvalue weighted by Crippen LogP contribution is -2.36. The molecule has 0 bridgehead atoms. The number of para-hydroxylation sites is 1. The summed E-state index contributed by atoms with van der Waals surface area (Å²) < 4.78 is 17.3. The Kier molecular flexibility index (Phi) is 5.91. The van der Waals surface area contributed by atoms with Gasteiger partial charge in [-0.25, -0.2) is 4.68 Å². The van der Waals surface area contributed by atoms with E-state index in [4.69, 9.17) is 14.2 Å². The third-order valence-electron chi connectivity index (χ3n) is 5.57. The van der Waals surface area contributed by atoms with Crippen molar-refractivity contribution >= 4 is 40.0 Å². The summed E-state index contributed by atoms with van der Waals surface area (Å²) in [6.07, 6.45) is 0. The first-order valence-electron chi connectivity index (χ1n) is 11.0. The van der Waals surface area contributed by atoms with Crippen molar-refractivity contribution in [2.24, 2.45) is 0 Å². The van der Waals surface area contributed by atoms with Crippen LogP contribution in [0.1, 0.15) is 16.1 Å². The summed E-state index contributed by atoms with van der Waals surface area (Å²) in [7, 11) is 1.48. The minimum absolute atomic E-state index is 0.0865. The van der Waals surface area contributed by atoms with E-state index in [2.05, 4.69) is 16.1 Å². The SMILES string of the molecule is COc1cccc2cc(C(=O)Nc3cccc(C)c3)n(NC(=O)C(=O)Nc3ccc4c(c3)OCO4)c12. The number of carbonyl (C=O) groups excluding carboxylic acids is 3. The zero-order valence-corrected chi connectivity index (χ0v) is 19.5. The molecule has 1 aliphatic heterocycles. The van der Waals surface area contributed by atoms with E-state index in [1.54, 1.807) is 48.5 Å². The quantitative estimate of drug-likeness (QED) is 0.371. The van der Waals surface area contributed by atoms with Crippen molar-refractivity contribution in [1.82, 2.24) is 4.68 Å². The number of hydrogen-bond donors (Lipinski definition) is 3. The van der Waals surface area contributed by atoms with Crippen LogP contribution in [0.2, 0.25) is 0 Å². The second kappa shape index (κ2) is 9.34. The summed E-state index contributed by atoms with van der Waals surface area (Å²) >= 11 is 0. The largest absolute Gasteiger partial charge is 0.494 e. The molecular formula is C26H22N4O6. The van der Waals surface area contributed by atoms with Gasteiger partial charge in [-0.15, -0.1) is 0 Å². The number of hydrogen-bond acceptors (Lipinski definition) is 6. The average Bonchev–Trinajstić information content (AvgIpc) is 3.48. The summed E-state index contributed by atoms with van der Waals surface area (Å²) in [6, 6.07) is 18.9. The minimum Gasteiger partial charge on any atom is -0.494 e. The first-order chi connectivity index (χ1) is 17.4. The Morgan fingerprint density at radius 3 is 2.44 bits per heavy atom. The molecule has 0 saturated heterocycles. The number of nitrogens with zero attached hydrogens (tertiary/aromatic N) is 1. The van der Waals surface area contributed by atoms with Gasteiger partial charge < -0.3 is 24.8 Å². The van der Waals surface area contributed by atoms with Crippen molar-refractivity contribution in [3.8, 4) is 17.2 Å². The molecule has 0 spiro atoms. The zero-order chi connectivity index (χ0) is 25.2. The molecule has 0 aliphatic carbocycles. The summed E-state index contributed by atoms with van der Waals surface area (Å²) in [6.45, 7) is 2.00. The molecule has 3 aromatic carbocycles. The number of aryl methyl sites for hydroxylation is 1. The fourth-order valence-electron chi connectivity index (χ4n) is 3.91. The Balaban J connectivity index is 1.44. The number of fused-ring (bicyclic) bond motifs is 2. The molecular weight excluding hydrogens is 464 g/mol. The first kappa shape index (κ1) is 22.8. The van der Waals surface area contributed by atoms with Gasteiger partial charge in [0.05, 0.1) is 7.11 Å². The standard InChI is InChI=1S/C26H22N4O6/c1-15-5-3-7-17(11-15)27-24(31)19-12-16-6-4-8-21(34-2)23(16)30(19)29-26(33)25(32)28-18-9-10-20-22(13-18)36-14-35-20/h3-13H,14H2,1-2H3,(H,27,31)(H,28,32)(H,29,33). The predicted molar refractivity (Wildman–Crippen MR) is 133 cm³/mol. The molecule has 5 rings (SSSR count). The number of anilines is 2. The van der Waals surface area contributed by atoms with Crippen LogP contribution in [0.5, 0.6) is 17.2 Å². The number of benzene rings is 3. The number of rotatable bonds is 5. The third kappa shape index (κ3) is 4.39. The highest BCUT2D eigenvalue weighted by Gasteiger charge is 2.23. The Labute approximate surface area is 205 Å². The molecule has 3 N–H and O–H groups in total. The van der Waals surface area contributed by atoms with Crippen molar-refractivity contribution in [2.75, 3.05) is 30.0 Å². The molecule has 4 aromatic rings. The molecule has 182 valence electrons. The van der Waals surface area contributed by atoms with Crippen LogP contribution in [-0.4, -0.2) is 36.3 Å². The van der Waals surface area contributed by atoms with Crippen LogP contribution in [0.4, 0.5) is 11.4 Å². The highest BCUT2D eigenvalue weighted by molar-refractivity contribution is 6.42. The maximum Gasteiger partial charge on any atom is 0.328 e. The van der Waals surface area contributed by atoms with Crippen LogP contribution in [0, 0.1) is 6.92 Å². The highest BCUT2D eigenvalue weighted by atomic mass is 16.7. The molecule has 1 aromatic heterocycles. The van der Waals surface area contributed by atoms with Crippen molar-refractivity contribution in [2.45, 2.75) is 6.92 Å². The van der Waals surface area contributed by atoms with E-state index < -0.39 is 17.7 Å². The van der Waals surface area contributed by atoms with Gasteiger partial charge in [-0.3, -0.25) is 19.8 Å².